The van der Waals surface area contributed by atoms with Gasteiger partial charge in [-0.2, -0.15) is 0 Å². The van der Waals surface area contributed by atoms with Gasteiger partial charge in [-0.3, -0.25) is 25.1 Å². The lowest BCUT2D eigenvalue weighted by molar-refractivity contribution is -0.126. The van der Waals surface area contributed by atoms with Crippen LogP contribution in [-0.4, -0.2) is 59.1 Å². The molecule has 0 aromatic heterocycles. The standard InChI is InChI=1S/C24H34N6O/c1-6-21(27-15(2)3)19(25)12-20(26)22-13-23(31)30-14-18(11-16(4)24(30)28-22)17-7-9-29(5)10-8-17/h11-12,14,17,22,25H,2,6-10,13,26H2,1,3-5H3. The highest BCUT2D eigenvalue weighted by Gasteiger charge is 2.33. The topological polar surface area (TPSA) is 98.1 Å². The molecule has 7 nitrogen and oxygen atoms in total. The molecular formula is C24H34N6O. The van der Waals surface area contributed by atoms with Crippen molar-refractivity contribution in [1.82, 2.24) is 9.80 Å². The third-order valence-electron chi connectivity index (χ3n) is 6.01. The SMILES string of the molecule is C=C(C)N=C(CC)C(=N)C=C(N)C1CC(=O)N2C=C(C3CCN(C)CC3)C=C(C)C2=N1. The predicted molar refractivity (Wildman–Crippen MR) is 127 cm³/mol. The van der Waals surface area contributed by atoms with Gasteiger partial charge in [-0.1, -0.05) is 19.6 Å². The molecule has 1 fully saturated rings. The van der Waals surface area contributed by atoms with E-state index in [1.165, 1.54) is 5.57 Å². The summed E-state index contributed by atoms with van der Waals surface area (Å²) >= 11 is 0. The van der Waals surface area contributed by atoms with Gasteiger partial charge in [0, 0.05) is 17.6 Å². The zero-order chi connectivity index (χ0) is 22.7. The van der Waals surface area contributed by atoms with Gasteiger partial charge >= 0.3 is 0 Å². The van der Waals surface area contributed by atoms with Gasteiger partial charge in [0.05, 0.1) is 17.8 Å². The fourth-order valence-corrected chi connectivity index (χ4v) is 4.23. The molecule has 1 atom stereocenters. The lowest BCUT2D eigenvalue weighted by atomic mass is 9.87. The molecule has 7 heteroatoms. The number of amides is 1. The van der Waals surface area contributed by atoms with Gasteiger partial charge < -0.3 is 10.6 Å². The smallest absolute Gasteiger partial charge is 0.234 e. The van der Waals surface area contributed by atoms with Crippen molar-refractivity contribution in [2.45, 2.75) is 52.5 Å². The second kappa shape index (κ2) is 9.56. The van der Waals surface area contributed by atoms with Crippen LogP contribution in [0.15, 0.2) is 57.5 Å². The van der Waals surface area contributed by atoms with Crippen LogP contribution in [0.3, 0.4) is 0 Å². The number of piperidine rings is 1. The van der Waals surface area contributed by atoms with Crippen molar-refractivity contribution in [2.75, 3.05) is 20.1 Å². The number of rotatable bonds is 6. The fourth-order valence-electron chi connectivity index (χ4n) is 4.23. The molecule has 0 radical (unpaired) electrons. The highest BCUT2D eigenvalue weighted by atomic mass is 16.2. The zero-order valence-electron chi connectivity index (χ0n) is 19.1. The van der Waals surface area contributed by atoms with E-state index in [9.17, 15) is 4.79 Å². The van der Waals surface area contributed by atoms with Crippen LogP contribution in [0, 0.1) is 11.3 Å². The van der Waals surface area contributed by atoms with E-state index in [1.54, 1.807) is 17.9 Å². The van der Waals surface area contributed by atoms with Crippen molar-refractivity contribution < 1.29 is 4.79 Å². The molecule has 3 rings (SSSR count). The Labute approximate surface area is 185 Å². The van der Waals surface area contributed by atoms with Gasteiger partial charge in [-0.25, -0.2) is 0 Å². The number of carbonyl (C=O) groups is 1. The molecule has 0 saturated carbocycles. The van der Waals surface area contributed by atoms with Gasteiger partial charge in [0.25, 0.3) is 0 Å². The van der Waals surface area contributed by atoms with Gasteiger partial charge in [-0.05, 0) is 76.4 Å². The molecular weight excluding hydrogens is 388 g/mol. The summed E-state index contributed by atoms with van der Waals surface area (Å²) in [6.45, 7) is 11.7. The lowest BCUT2D eigenvalue weighted by Crippen LogP contribution is -2.43. The van der Waals surface area contributed by atoms with Crippen molar-refractivity contribution in [1.29, 1.82) is 5.41 Å². The molecule has 1 unspecified atom stereocenters. The number of nitrogens with one attached hydrogen (secondary N) is 1. The molecule has 0 spiro atoms. The number of hydrogen-bond acceptors (Lipinski definition) is 6. The molecule has 3 aliphatic heterocycles. The summed E-state index contributed by atoms with van der Waals surface area (Å²) in [5.74, 6) is 1.12. The van der Waals surface area contributed by atoms with E-state index in [0.717, 1.165) is 31.5 Å². The monoisotopic (exact) mass is 422 g/mol. The van der Waals surface area contributed by atoms with E-state index >= 15 is 0 Å². The third kappa shape index (κ3) is 5.28. The molecule has 166 valence electrons. The largest absolute Gasteiger partial charge is 0.400 e. The molecule has 0 aliphatic carbocycles. The minimum atomic E-state index is -0.469. The quantitative estimate of drug-likeness (QED) is 0.642. The van der Waals surface area contributed by atoms with Crippen LogP contribution in [0.1, 0.15) is 46.5 Å². The number of carbonyl (C=O) groups excluding carboxylic acids is 1. The Hall–Kier alpha value is -2.80. The molecule has 1 amide bonds. The number of likely N-dealkylation sites (tertiary alicyclic amines) is 1. The van der Waals surface area contributed by atoms with E-state index in [1.807, 2.05) is 20.0 Å². The molecule has 0 bridgehead atoms. The Balaban J connectivity index is 1.82. The van der Waals surface area contributed by atoms with Gasteiger partial charge in [0.2, 0.25) is 5.91 Å². The first kappa shape index (κ1) is 22.9. The van der Waals surface area contributed by atoms with Crippen LogP contribution in [0.2, 0.25) is 0 Å². The fraction of sp³-hybridized carbons (Fsp3) is 0.500. The van der Waals surface area contributed by atoms with E-state index in [2.05, 4.69) is 29.6 Å². The first-order valence-electron chi connectivity index (χ1n) is 11.0. The zero-order valence-corrected chi connectivity index (χ0v) is 19.1. The summed E-state index contributed by atoms with van der Waals surface area (Å²) in [7, 11) is 2.15. The Kier molecular flexibility index (Phi) is 7.05. The van der Waals surface area contributed by atoms with E-state index in [4.69, 9.17) is 16.1 Å². The maximum Gasteiger partial charge on any atom is 0.234 e. The van der Waals surface area contributed by atoms with E-state index in [-0.39, 0.29) is 18.0 Å². The predicted octanol–water partition coefficient (Wildman–Crippen LogP) is 3.42. The molecule has 0 aromatic carbocycles. The molecule has 3 N–H and O–H groups in total. The maximum absolute atomic E-state index is 13.0. The normalized spacial score (nSPS) is 23.7. The summed E-state index contributed by atoms with van der Waals surface area (Å²) in [5, 5.41) is 8.32. The number of allylic oxidation sites excluding steroid dienone is 4. The minimum Gasteiger partial charge on any atom is -0.400 e. The molecule has 3 heterocycles. The van der Waals surface area contributed by atoms with Crippen LogP contribution >= 0.6 is 0 Å². The summed E-state index contributed by atoms with van der Waals surface area (Å²) in [6, 6.07) is -0.469. The first-order chi connectivity index (χ1) is 14.7. The van der Waals surface area contributed by atoms with Crippen LogP contribution in [0.4, 0.5) is 0 Å². The summed E-state index contributed by atoms with van der Waals surface area (Å²) in [6.07, 6.45) is 8.72. The summed E-state index contributed by atoms with van der Waals surface area (Å²) in [5.41, 5.74) is 10.4. The van der Waals surface area contributed by atoms with Crippen LogP contribution in [-0.2, 0) is 4.79 Å². The van der Waals surface area contributed by atoms with Gasteiger partial charge in [-0.15, -0.1) is 0 Å². The van der Waals surface area contributed by atoms with Crippen LogP contribution in [0.5, 0.6) is 0 Å². The average Bonchev–Trinajstić information content (AvgIpc) is 2.72. The van der Waals surface area contributed by atoms with Gasteiger partial charge in [0.1, 0.15) is 11.9 Å². The number of aliphatic imine (C=N–C) groups is 2. The number of nitrogens with zero attached hydrogens (tertiary/aromatic N) is 4. The summed E-state index contributed by atoms with van der Waals surface area (Å²) < 4.78 is 0. The lowest BCUT2D eigenvalue weighted by Gasteiger charge is -2.36. The van der Waals surface area contributed by atoms with Crippen molar-refractivity contribution in [3.05, 3.63) is 47.5 Å². The second-order valence-corrected chi connectivity index (χ2v) is 8.68. The minimum absolute atomic E-state index is 0.0120. The highest BCUT2D eigenvalue weighted by Crippen LogP contribution is 2.31. The van der Waals surface area contributed by atoms with E-state index < -0.39 is 6.04 Å². The highest BCUT2D eigenvalue weighted by molar-refractivity contribution is 6.45. The summed E-state index contributed by atoms with van der Waals surface area (Å²) in [4.78, 5) is 26.1. The molecule has 0 aromatic rings. The van der Waals surface area contributed by atoms with E-state index in [0.29, 0.717) is 35.3 Å². The third-order valence-corrected chi connectivity index (χ3v) is 6.01. The van der Waals surface area contributed by atoms with Crippen molar-refractivity contribution in [3.63, 3.8) is 0 Å². The average molecular weight is 423 g/mol. The van der Waals surface area contributed by atoms with Crippen molar-refractivity contribution in [2.24, 2.45) is 21.6 Å². The van der Waals surface area contributed by atoms with Gasteiger partial charge in [0.15, 0.2) is 0 Å². The Morgan fingerprint density at radius 2 is 2.10 bits per heavy atom. The maximum atomic E-state index is 13.0. The number of amidine groups is 1. The first-order valence-corrected chi connectivity index (χ1v) is 11.0. The molecule has 31 heavy (non-hydrogen) atoms. The molecule has 3 aliphatic rings. The van der Waals surface area contributed by atoms with Crippen molar-refractivity contribution in [3.8, 4) is 0 Å². The van der Waals surface area contributed by atoms with Crippen molar-refractivity contribution >= 4 is 23.2 Å². The van der Waals surface area contributed by atoms with Crippen LogP contribution < -0.4 is 5.73 Å². The Bertz CT molecular complexity index is 928. The number of nitrogens with two attached hydrogens (primary N) is 1. The second-order valence-electron chi connectivity index (χ2n) is 8.68. The Morgan fingerprint density at radius 3 is 2.71 bits per heavy atom. The number of hydrogen-bond donors (Lipinski definition) is 2. The Morgan fingerprint density at radius 1 is 1.42 bits per heavy atom. The molecule has 1 saturated heterocycles. The number of fused-ring (bicyclic) bond motifs is 1. The van der Waals surface area contributed by atoms with Crippen LogP contribution in [0.25, 0.3) is 0 Å².